The fourth-order valence-electron chi connectivity index (χ4n) is 13.0. The molecule has 14 rings (SSSR count). The minimum absolute atomic E-state index is 0.00680. The number of carbonyl (C=O) groups excluding carboxylic acids is 7. The summed E-state index contributed by atoms with van der Waals surface area (Å²) in [4.78, 5) is 101. The normalized spacial score (nSPS) is 28.3. The molecule has 0 radical (unpaired) electrons. The number of fused-ring (bicyclic) bond motifs is 15. The number of likely N-dealkylation sites (N-methyl/N-ethyl adjacent to an activating group) is 1. The van der Waals surface area contributed by atoms with E-state index in [0.29, 0.717) is 23.7 Å². The Morgan fingerprint density at radius 1 is 0.639 bits per heavy atom. The molecule has 0 spiro atoms. The average Bonchev–Trinajstić information content (AvgIpc) is 3.65. The lowest BCUT2D eigenvalue weighted by molar-refractivity contribution is -0.137. The van der Waals surface area contributed by atoms with E-state index in [4.69, 9.17) is 32.5 Å². The molecule has 5 aromatic carbocycles. The molecule has 5 aliphatic heterocycles. The third-order valence-corrected chi connectivity index (χ3v) is 17.2. The van der Waals surface area contributed by atoms with Crippen molar-refractivity contribution in [3.05, 3.63) is 117 Å². The van der Waals surface area contributed by atoms with Crippen molar-refractivity contribution in [2.45, 2.75) is 99.6 Å². The van der Waals surface area contributed by atoms with Crippen molar-refractivity contribution in [1.82, 2.24) is 37.2 Å². The van der Waals surface area contributed by atoms with E-state index in [9.17, 15) is 54.6 Å². The quantitative estimate of drug-likeness (QED) is 0.116. The molecule has 9 aliphatic rings. The highest BCUT2D eigenvalue weighted by atomic mass is 35.5. The van der Waals surface area contributed by atoms with Crippen LogP contribution in [0.5, 0.6) is 46.0 Å². The van der Waals surface area contributed by atoms with Crippen molar-refractivity contribution in [2.75, 3.05) is 7.05 Å². The standard InChI is InChI=1S/C58H60ClN9O15/c1-62-55(78)47-32-19-37(70)33(21-63-44-27-11-22-10-23(13-27)14-28(44)12-22)51(74)42(32)31-15-25(4-8-36(31)69)45-56(79)68-48(58(81)67-47)50(73)24-2-6-30(7-3-24)82-39-17-29-18-40(52(39)75)83-38-9-5-26(16-34(38)59)49(72)43(61)54(77)64-35(20-41(60)71)53(76)65-46(29)57(80)66-45/h2-9,15-19,22-23,27-28,35,43-50,63,69-70,72-75H,10-14,20-21,61H2,1H3,(H2,60,71)(H,62,78)(H,64,77)(H,65,76)(H,66,80)(H,67,81)(H,68,79)/t22?,23?,27?,28?,35?,43?,44?,45?,46?,47-,48?,49?,50?/m1/s1. The van der Waals surface area contributed by atoms with Crippen LogP contribution in [0.15, 0.2) is 78.9 Å². The SMILES string of the molecule is CNC(=O)[C@@H]1NC(=O)C2NC(=O)C(NC(=O)C3NC(=O)C(CC(N)=O)NC(=O)C(N)C(O)c4ccc(c(Cl)c4)Oc4cc3cc(c4O)Oc3ccc(cc3)C2O)c2ccc(O)c(c2)-c2c1cc(O)c(CNC1C3CC4CC(C3)CC1C4)c2O. The maximum Gasteiger partial charge on any atom is 0.248 e. The zero-order valence-corrected chi connectivity index (χ0v) is 45.1. The van der Waals surface area contributed by atoms with Gasteiger partial charge in [0.1, 0.15) is 77.2 Å². The fourth-order valence-corrected chi connectivity index (χ4v) is 13.2. The van der Waals surface area contributed by atoms with E-state index in [-0.39, 0.29) is 73.6 Å². The van der Waals surface area contributed by atoms with Gasteiger partial charge in [0.25, 0.3) is 0 Å². The van der Waals surface area contributed by atoms with Gasteiger partial charge in [-0.1, -0.05) is 35.9 Å². The first-order valence-corrected chi connectivity index (χ1v) is 27.4. The first-order valence-electron chi connectivity index (χ1n) is 27.0. The van der Waals surface area contributed by atoms with Crippen molar-refractivity contribution >= 4 is 53.0 Å². The van der Waals surface area contributed by atoms with Crippen molar-refractivity contribution in [2.24, 2.45) is 35.1 Å². The number of phenolic OH excluding ortho intramolecular Hbond substituents is 4. The predicted octanol–water partition coefficient (Wildman–Crippen LogP) is 2.53. The number of ether oxygens (including phenoxy) is 2. The Kier molecular flexibility index (Phi) is 15.1. The molecule has 15 bridgehead atoms. The number of benzene rings is 5. The maximum atomic E-state index is 15.5. The second-order valence-corrected chi connectivity index (χ2v) is 22.6. The van der Waals surface area contributed by atoms with Crippen molar-refractivity contribution < 1.29 is 73.7 Å². The first-order chi connectivity index (χ1) is 39.6. The molecule has 4 fully saturated rings. The van der Waals surface area contributed by atoms with E-state index < -0.39 is 131 Å². The lowest BCUT2D eigenvalue weighted by atomic mass is 9.54. The zero-order chi connectivity index (χ0) is 58.9. The predicted molar refractivity (Wildman–Crippen MR) is 293 cm³/mol. The zero-order valence-electron chi connectivity index (χ0n) is 44.4. The number of hydrogen-bond acceptors (Lipinski definition) is 17. The van der Waals surface area contributed by atoms with Crippen LogP contribution in [0.1, 0.15) is 102 Å². The Labute approximate surface area is 478 Å². The molecule has 83 heavy (non-hydrogen) atoms. The summed E-state index contributed by atoms with van der Waals surface area (Å²) in [6.45, 7) is -0.0640. The van der Waals surface area contributed by atoms with E-state index in [1.165, 1.54) is 74.1 Å². The van der Waals surface area contributed by atoms with Gasteiger partial charge in [-0.05, 0) is 138 Å². The Morgan fingerprint density at radius 2 is 1.27 bits per heavy atom. The molecule has 7 unspecified atom stereocenters. The van der Waals surface area contributed by atoms with Gasteiger partial charge in [-0.15, -0.1) is 0 Å². The van der Waals surface area contributed by atoms with Gasteiger partial charge in [0.2, 0.25) is 47.1 Å². The molecule has 4 saturated carbocycles. The Morgan fingerprint density at radius 3 is 1.93 bits per heavy atom. The van der Waals surface area contributed by atoms with Gasteiger partial charge in [-0.3, -0.25) is 33.6 Å². The van der Waals surface area contributed by atoms with Crippen LogP contribution in [0, 0.1) is 23.7 Å². The summed E-state index contributed by atoms with van der Waals surface area (Å²) in [7, 11) is 1.27. The van der Waals surface area contributed by atoms with E-state index in [1.807, 2.05) is 0 Å². The molecular weight excluding hydrogens is 1100 g/mol. The van der Waals surface area contributed by atoms with Gasteiger partial charge in [0.05, 0.1) is 17.0 Å². The van der Waals surface area contributed by atoms with Gasteiger partial charge in [0.15, 0.2) is 11.5 Å². The van der Waals surface area contributed by atoms with Crippen molar-refractivity contribution in [1.29, 1.82) is 0 Å². The number of phenols is 4. The van der Waals surface area contributed by atoms with Gasteiger partial charge in [0, 0.05) is 30.8 Å². The van der Waals surface area contributed by atoms with Crippen molar-refractivity contribution in [3.8, 4) is 57.1 Å². The number of halogens is 1. The van der Waals surface area contributed by atoms with E-state index in [1.54, 1.807) is 0 Å². The summed E-state index contributed by atoms with van der Waals surface area (Å²) in [5, 5.41) is 90.0. The van der Waals surface area contributed by atoms with Crippen LogP contribution in [0.3, 0.4) is 0 Å². The monoisotopic (exact) mass is 1160 g/mol. The summed E-state index contributed by atoms with van der Waals surface area (Å²) in [5.41, 5.74) is 10.6. The van der Waals surface area contributed by atoms with Crippen LogP contribution in [0.4, 0.5) is 0 Å². The number of aliphatic hydroxyl groups is 2. The second kappa shape index (κ2) is 22.2. The molecule has 4 aliphatic carbocycles. The largest absolute Gasteiger partial charge is 0.507 e. The molecule has 24 nitrogen and oxygen atoms in total. The molecule has 5 heterocycles. The van der Waals surface area contributed by atoms with Gasteiger partial charge < -0.3 is 88.8 Å². The summed E-state index contributed by atoms with van der Waals surface area (Å²) in [6, 6.07) is 4.65. The minimum Gasteiger partial charge on any atom is -0.507 e. The molecule has 0 aromatic heterocycles. The molecule has 25 heteroatoms. The minimum atomic E-state index is -2.05. The number of hydrogen-bond donors (Lipinski definition) is 15. The summed E-state index contributed by atoms with van der Waals surface area (Å²) >= 11 is 6.66. The van der Waals surface area contributed by atoms with Crippen LogP contribution in [0.25, 0.3) is 11.1 Å². The number of aromatic hydroxyl groups is 4. The number of rotatable bonds is 6. The Balaban J connectivity index is 1.09. The average molecular weight is 1160 g/mol. The topological polar surface area (TPSA) is 396 Å². The molecule has 5 aromatic rings. The van der Waals surface area contributed by atoms with Crippen LogP contribution >= 0.6 is 11.6 Å². The van der Waals surface area contributed by atoms with E-state index in [2.05, 4.69) is 37.2 Å². The third kappa shape index (κ3) is 10.7. The summed E-state index contributed by atoms with van der Waals surface area (Å²) in [6.07, 6.45) is 0.829. The van der Waals surface area contributed by atoms with Crippen LogP contribution in [0.2, 0.25) is 5.02 Å². The highest BCUT2D eigenvalue weighted by molar-refractivity contribution is 6.32. The van der Waals surface area contributed by atoms with E-state index >= 15 is 9.59 Å². The van der Waals surface area contributed by atoms with Crippen LogP contribution in [-0.4, -0.2) is 103 Å². The van der Waals surface area contributed by atoms with Crippen LogP contribution < -0.4 is 58.2 Å². The fraction of sp³-hybridized carbons (Fsp3) is 0.362. The number of carbonyl (C=O) groups is 7. The number of nitrogens with one attached hydrogen (secondary N) is 7. The smallest absolute Gasteiger partial charge is 0.248 e. The number of nitrogens with two attached hydrogens (primary N) is 2. The molecule has 0 saturated heterocycles. The Hall–Kier alpha value is -8.68. The number of primary amides is 1. The molecule has 7 amide bonds. The lowest BCUT2D eigenvalue weighted by Crippen LogP contribution is -2.56. The highest BCUT2D eigenvalue weighted by Gasteiger charge is 2.48. The number of amides is 7. The lowest BCUT2D eigenvalue weighted by Gasteiger charge is -2.54. The molecular formula is C58H60ClN9O15. The van der Waals surface area contributed by atoms with Crippen LogP contribution in [-0.2, 0) is 40.1 Å². The molecule has 434 valence electrons. The second-order valence-electron chi connectivity index (χ2n) is 22.2. The highest BCUT2D eigenvalue weighted by Crippen LogP contribution is 2.55. The Bertz CT molecular complexity index is 3480. The molecule has 8 atom stereocenters. The maximum absolute atomic E-state index is 15.5. The first kappa shape index (κ1) is 56.2. The summed E-state index contributed by atoms with van der Waals surface area (Å²) < 4.78 is 12.3. The van der Waals surface area contributed by atoms with Gasteiger partial charge in [-0.2, -0.15) is 0 Å². The van der Waals surface area contributed by atoms with E-state index in [0.717, 1.165) is 43.9 Å². The van der Waals surface area contributed by atoms with Crippen molar-refractivity contribution in [3.63, 3.8) is 0 Å². The molecule has 17 N–H and O–H groups in total. The number of aliphatic hydroxyl groups excluding tert-OH is 2. The summed E-state index contributed by atoms with van der Waals surface area (Å²) in [5.74, 6) is -9.32. The van der Waals surface area contributed by atoms with Gasteiger partial charge in [-0.25, -0.2) is 0 Å². The third-order valence-electron chi connectivity index (χ3n) is 16.9. The van der Waals surface area contributed by atoms with Gasteiger partial charge >= 0.3 is 0 Å².